The second kappa shape index (κ2) is 10.9. The first-order chi connectivity index (χ1) is 15.8. The second-order valence-electron chi connectivity index (χ2n) is 7.01. The summed E-state index contributed by atoms with van der Waals surface area (Å²) >= 11 is 5.93. The van der Waals surface area contributed by atoms with Gasteiger partial charge in [-0.25, -0.2) is 4.99 Å². The first-order valence-electron chi connectivity index (χ1n) is 10.3. The van der Waals surface area contributed by atoms with E-state index in [0.29, 0.717) is 0 Å². The minimum atomic E-state index is 0.723. The Hall–Kier alpha value is -3.97. The molecular weight excluding hydrogens is 412 g/mol. The molecule has 0 fully saturated rings. The van der Waals surface area contributed by atoms with Crippen molar-refractivity contribution < 1.29 is 0 Å². The Kier molecular flexibility index (Phi) is 7.23. The number of aliphatic imine (C=N–C) groups is 2. The summed E-state index contributed by atoms with van der Waals surface area (Å²) in [5, 5.41) is 0.723. The van der Waals surface area contributed by atoms with E-state index < -0.39 is 0 Å². The summed E-state index contributed by atoms with van der Waals surface area (Å²) < 4.78 is 0. The van der Waals surface area contributed by atoms with Crippen LogP contribution in [0, 0.1) is 0 Å². The molecule has 4 aromatic carbocycles. The zero-order chi connectivity index (χ0) is 22.0. The highest BCUT2D eigenvalue weighted by atomic mass is 35.5. The molecule has 0 aliphatic carbocycles. The van der Waals surface area contributed by atoms with E-state index in [1.54, 1.807) is 6.21 Å². The predicted octanol–water partition coefficient (Wildman–Crippen LogP) is 8.19. The molecule has 0 N–H and O–H groups in total. The number of halogens is 1. The topological polar surface area (TPSA) is 24.7 Å². The summed E-state index contributed by atoms with van der Waals surface area (Å²) in [6.45, 7) is 0. The molecule has 0 aliphatic rings. The predicted molar refractivity (Wildman–Crippen MR) is 138 cm³/mol. The number of hydrogen-bond acceptors (Lipinski definition) is 2. The SMILES string of the molecule is Clc1ccc(/C=C/C=Nc2ccccc2N=C=C(c2ccccc2)c2ccccc2)cc1. The van der Waals surface area contributed by atoms with Crippen LogP contribution in [0.15, 0.2) is 125 Å². The standard InChI is InChI=1S/C29H21ClN2/c30-26-19-17-23(18-20-26)10-9-21-31-28-15-7-8-16-29(28)32-22-27(24-11-3-1-4-12-24)25-13-5-2-6-14-25/h1-21H/b10-9+,31-21?. The molecule has 0 atom stereocenters. The molecule has 0 saturated heterocycles. The average molecular weight is 433 g/mol. The van der Waals surface area contributed by atoms with E-state index in [2.05, 4.69) is 40.1 Å². The van der Waals surface area contributed by atoms with Gasteiger partial charge in [0.05, 0.1) is 16.9 Å². The Bertz CT molecular complexity index is 1240. The zero-order valence-corrected chi connectivity index (χ0v) is 18.2. The van der Waals surface area contributed by atoms with E-state index in [9.17, 15) is 0 Å². The molecule has 0 bridgehead atoms. The van der Waals surface area contributed by atoms with Crippen LogP contribution in [-0.4, -0.2) is 12.1 Å². The van der Waals surface area contributed by atoms with Crippen LogP contribution in [0.5, 0.6) is 0 Å². The van der Waals surface area contributed by atoms with Gasteiger partial charge in [0.25, 0.3) is 0 Å². The monoisotopic (exact) mass is 432 g/mol. The van der Waals surface area contributed by atoms with Crippen molar-refractivity contribution in [2.24, 2.45) is 9.98 Å². The maximum Gasteiger partial charge on any atom is 0.0986 e. The first-order valence-corrected chi connectivity index (χ1v) is 10.7. The Balaban J connectivity index is 1.64. The van der Waals surface area contributed by atoms with Crippen molar-refractivity contribution in [3.63, 3.8) is 0 Å². The Labute approximate surface area is 193 Å². The lowest BCUT2D eigenvalue weighted by Crippen LogP contribution is -1.88. The zero-order valence-electron chi connectivity index (χ0n) is 17.4. The normalized spacial score (nSPS) is 10.9. The van der Waals surface area contributed by atoms with Gasteiger partial charge in [0, 0.05) is 11.2 Å². The van der Waals surface area contributed by atoms with Gasteiger partial charge in [-0.1, -0.05) is 103 Å². The van der Waals surface area contributed by atoms with Crippen molar-refractivity contribution in [2.45, 2.75) is 0 Å². The lowest BCUT2D eigenvalue weighted by molar-refractivity contribution is 1.47. The van der Waals surface area contributed by atoms with Gasteiger partial charge in [0.1, 0.15) is 0 Å². The van der Waals surface area contributed by atoms with Crippen molar-refractivity contribution in [2.75, 3.05) is 0 Å². The Morgan fingerprint density at radius 3 is 1.84 bits per heavy atom. The van der Waals surface area contributed by atoms with Gasteiger partial charge in [-0.05, 0) is 52.9 Å². The van der Waals surface area contributed by atoms with Crippen LogP contribution < -0.4 is 0 Å². The summed E-state index contributed by atoms with van der Waals surface area (Å²) in [7, 11) is 0. The van der Waals surface area contributed by atoms with Gasteiger partial charge in [-0.3, -0.25) is 4.99 Å². The van der Waals surface area contributed by atoms with Crippen molar-refractivity contribution in [3.8, 4) is 0 Å². The van der Waals surface area contributed by atoms with Gasteiger partial charge in [0.15, 0.2) is 0 Å². The summed E-state index contributed by atoms with van der Waals surface area (Å²) in [6, 6.07) is 35.8. The van der Waals surface area contributed by atoms with E-state index >= 15 is 0 Å². The highest BCUT2D eigenvalue weighted by Crippen LogP contribution is 2.27. The maximum absolute atomic E-state index is 5.93. The highest BCUT2D eigenvalue weighted by Gasteiger charge is 2.04. The molecule has 0 aromatic heterocycles. The highest BCUT2D eigenvalue weighted by molar-refractivity contribution is 6.30. The number of hydrogen-bond donors (Lipinski definition) is 0. The average Bonchev–Trinajstić information content (AvgIpc) is 2.85. The molecule has 4 rings (SSSR count). The fourth-order valence-electron chi connectivity index (χ4n) is 3.14. The first kappa shape index (κ1) is 21.3. The van der Waals surface area contributed by atoms with Crippen LogP contribution in [0.25, 0.3) is 11.6 Å². The molecule has 154 valence electrons. The van der Waals surface area contributed by atoms with E-state index in [1.165, 1.54) is 0 Å². The van der Waals surface area contributed by atoms with Gasteiger partial charge >= 0.3 is 0 Å². The fourth-order valence-corrected chi connectivity index (χ4v) is 3.27. The fraction of sp³-hybridized carbons (Fsp3) is 0. The van der Waals surface area contributed by atoms with Crippen molar-refractivity contribution in [3.05, 3.63) is 137 Å². The number of benzene rings is 4. The third-order valence-corrected chi connectivity index (χ3v) is 5.01. The minimum absolute atomic E-state index is 0.723. The summed E-state index contributed by atoms with van der Waals surface area (Å²) in [4.78, 5) is 9.25. The summed E-state index contributed by atoms with van der Waals surface area (Å²) in [6.07, 6.45) is 5.65. The molecule has 0 aliphatic heterocycles. The second-order valence-corrected chi connectivity index (χ2v) is 7.44. The van der Waals surface area contributed by atoms with Crippen molar-refractivity contribution >= 4 is 46.7 Å². The quantitative estimate of drug-likeness (QED) is 0.274. The van der Waals surface area contributed by atoms with Crippen LogP contribution in [0.4, 0.5) is 11.4 Å². The Morgan fingerprint density at radius 1 is 0.656 bits per heavy atom. The molecule has 32 heavy (non-hydrogen) atoms. The maximum atomic E-state index is 5.93. The lowest BCUT2D eigenvalue weighted by atomic mass is 9.99. The molecule has 0 heterocycles. The molecule has 0 amide bonds. The van der Waals surface area contributed by atoms with Crippen LogP contribution in [0.2, 0.25) is 5.02 Å². The van der Waals surface area contributed by atoms with Crippen LogP contribution in [-0.2, 0) is 0 Å². The molecular formula is C29H21ClN2. The van der Waals surface area contributed by atoms with E-state index in [4.69, 9.17) is 11.6 Å². The van der Waals surface area contributed by atoms with Crippen molar-refractivity contribution in [1.29, 1.82) is 0 Å². The molecule has 2 nitrogen and oxygen atoms in total. The molecule has 0 unspecified atom stereocenters. The number of nitrogens with zero attached hydrogens (tertiary/aromatic N) is 2. The van der Waals surface area contributed by atoms with Crippen LogP contribution in [0.3, 0.4) is 0 Å². The smallest absolute Gasteiger partial charge is 0.0986 e. The third kappa shape index (κ3) is 5.80. The van der Waals surface area contributed by atoms with E-state index in [1.807, 2.05) is 97.1 Å². The Morgan fingerprint density at radius 2 is 1.22 bits per heavy atom. The molecule has 3 heteroatoms. The minimum Gasteiger partial charge on any atom is -0.255 e. The summed E-state index contributed by atoms with van der Waals surface area (Å²) in [5.74, 6) is 3.27. The van der Waals surface area contributed by atoms with Crippen LogP contribution >= 0.6 is 11.6 Å². The van der Waals surface area contributed by atoms with Gasteiger partial charge < -0.3 is 0 Å². The van der Waals surface area contributed by atoms with Gasteiger partial charge in [-0.2, -0.15) is 0 Å². The van der Waals surface area contributed by atoms with E-state index in [0.717, 1.165) is 38.7 Å². The molecule has 0 saturated carbocycles. The van der Waals surface area contributed by atoms with Gasteiger partial charge in [0.2, 0.25) is 0 Å². The van der Waals surface area contributed by atoms with Gasteiger partial charge in [-0.15, -0.1) is 0 Å². The molecule has 4 aromatic rings. The molecule has 0 radical (unpaired) electrons. The molecule has 0 spiro atoms. The lowest BCUT2D eigenvalue weighted by Gasteiger charge is -2.05. The number of allylic oxidation sites excluding steroid dienone is 1. The van der Waals surface area contributed by atoms with Crippen LogP contribution in [0.1, 0.15) is 16.7 Å². The number of para-hydroxylation sites is 2. The largest absolute Gasteiger partial charge is 0.255 e. The number of rotatable bonds is 6. The summed E-state index contributed by atoms with van der Waals surface area (Å²) in [5.41, 5.74) is 5.66. The third-order valence-electron chi connectivity index (χ3n) is 4.75. The van der Waals surface area contributed by atoms with E-state index in [-0.39, 0.29) is 0 Å². The van der Waals surface area contributed by atoms with Crippen molar-refractivity contribution in [1.82, 2.24) is 0 Å².